The molecule has 0 aliphatic carbocycles. The molecule has 1 N–H and O–H groups in total. The van der Waals surface area contributed by atoms with Crippen LogP contribution in [0.25, 0.3) is 0 Å². The zero-order valence-electron chi connectivity index (χ0n) is 13.3. The van der Waals surface area contributed by atoms with E-state index in [-0.39, 0.29) is 11.4 Å². The molecule has 0 aromatic heterocycles. The van der Waals surface area contributed by atoms with Crippen LogP contribution in [-0.4, -0.2) is 62.3 Å². The lowest BCUT2D eigenvalue weighted by atomic mass is 9.87. The summed E-state index contributed by atoms with van der Waals surface area (Å²) in [6.45, 7) is 5.52. The molecule has 2 amide bonds. The molecule has 2 saturated heterocycles. The van der Waals surface area contributed by atoms with Crippen molar-refractivity contribution in [3.63, 3.8) is 0 Å². The number of ether oxygens (including phenoxy) is 1. The second-order valence-electron chi connectivity index (χ2n) is 6.61. The standard InChI is InChI=1S/C17H25N3O2/c1-19-8-7-17(12-19)13-20(9-10-22-14-17)16(21)18-11-15-5-3-2-4-6-15/h2-6H,7-14H2,1H3,(H,18,21). The van der Waals surface area contributed by atoms with Gasteiger partial charge in [-0.1, -0.05) is 30.3 Å². The van der Waals surface area contributed by atoms with E-state index in [1.807, 2.05) is 35.2 Å². The molecule has 0 bridgehead atoms. The van der Waals surface area contributed by atoms with Crippen LogP contribution in [-0.2, 0) is 11.3 Å². The summed E-state index contributed by atoms with van der Waals surface area (Å²) in [4.78, 5) is 16.7. The summed E-state index contributed by atoms with van der Waals surface area (Å²) in [6.07, 6.45) is 1.10. The van der Waals surface area contributed by atoms with Crippen LogP contribution >= 0.6 is 0 Å². The number of likely N-dealkylation sites (tertiary alicyclic amines) is 1. The Kier molecular flexibility index (Phi) is 4.64. The van der Waals surface area contributed by atoms with Crippen LogP contribution in [0.5, 0.6) is 0 Å². The van der Waals surface area contributed by atoms with E-state index in [1.54, 1.807) is 0 Å². The maximum absolute atomic E-state index is 12.5. The van der Waals surface area contributed by atoms with E-state index in [2.05, 4.69) is 17.3 Å². The summed E-state index contributed by atoms with van der Waals surface area (Å²) in [6, 6.07) is 10.0. The second kappa shape index (κ2) is 6.67. The van der Waals surface area contributed by atoms with Gasteiger partial charge < -0.3 is 19.9 Å². The van der Waals surface area contributed by atoms with Gasteiger partial charge >= 0.3 is 6.03 Å². The van der Waals surface area contributed by atoms with Gasteiger partial charge in [0.05, 0.1) is 13.2 Å². The van der Waals surface area contributed by atoms with Crippen LogP contribution in [0.4, 0.5) is 4.79 Å². The maximum atomic E-state index is 12.5. The number of benzene rings is 1. The Morgan fingerprint density at radius 2 is 2.09 bits per heavy atom. The molecule has 120 valence electrons. The highest BCUT2D eigenvalue weighted by Crippen LogP contribution is 2.32. The highest BCUT2D eigenvalue weighted by Gasteiger charge is 2.40. The first kappa shape index (κ1) is 15.3. The van der Waals surface area contributed by atoms with Gasteiger partial charge in [0.15, 0.2) is 0 Å². The second-order valence-corrected chi connectivity index (χ2v) is 6.61. The number of carbonyl (C=O) groups is 1. The molecule has 5 heteroatoms. The van der Waals surface area contributed by atoms with E-state index in [4.69, 9.17) is 4.74 Å². The van der Waals surface area contributed by atoms with Crippen molar-refractivity contribution in [1.29, 1.82) is 0 Å². The first-order chi connectivity index (χ1) is 10.7. The summed E-state index contributed by atoms with van der Waals surface area (Å²) in [5.41, 5.74) is 1.23. The van der Waals surface area contributed by atoms with Crippen LogP contribution < -0.4 is 5.32 Å². The SMILES string of the molecule is CN1CCC2(COCCN(C(=O)NCc3ccccc3)C2)C1. The lowest BCUT2D eigenvalue weighted by Crippen LogP contribution is -2.47. The quantitative estimate of drug-likeness (QED) is 0.901. The number of hydrogen-bond acceptors (Lipinski definition) is 3. The number of rotatable bonds is 2. The molecule has 22 heavy (non-hydrogen) atoms. The van der Waals surface area contributed by atoms with Gasteiger partial charge in [0.25, 0.3) is 0 Å². The molecule has 1 atom stereocenters. The topological polar surface area (TPSA) is 44.8 Å². The monoisotopic (exact) mass is 303 g/mol. The average Bonchev–Trinajstić information content (AvgIpc) is 2.77. The zero-order chi connectivity index (χ0) is 15.4. The molecular weight excluding hydrogens is 278 g/mol. The minimum Gasteiger partial charge on any atom is -0.379 e. The van der Waals surface area contributed by atoms with Crippen molar-refractivity contribution >= 4 is 6.03 Å². The van der Waals surface area contributed by atoms with Gasteiger partial charge in [0.2, 0.25) is 0 Å². The average molecular weight is 303 g/mol. The third-order valence-corrected chi connectivity index (χ3v) is 4.64. The van der Waals surface area contributed by atoms with E-state index in [1.165, 1.54) is 0 Å². The van der Waals surface area contributed by atoms with Gasteiger partial charge in [0, 0.05) is 31.6 Å². The van der Waals surface area contributed by atoms with Crippen molar-refractivity contribution in [2.75, 3.05) is 46.4 Å². The van der Waals surface area contributed by atoms with Crippen molar-refractivity contribution in [2.24, 2.45) is 5.41 Å². The zero-order valence-corrected chi connectivity index (χ0v) is 13.3. The minimum absolute atomic E-state index is 0.0169. The van der Waals surface area contributed by atoms with Crippen LogP contribution in [0.15, 0.2) is 30.3 Å². The molecule has 1 aromatic carbocycles. The molecule has 3 rings (SSSR count). The fraction of sp³-hybridized carbons (Fsp3) is 0.588. The number of hydrogen-bond donors (Lipinski definition) is 1. The van der Waals surface area contributed by atoms with Crippen LogP contribution in [0, 0.1) is 5.41 Å². The predicted octanol–water partition coefficient (Wildman–Crippen LogP) is 1.55. The van der Waals surface area contributed by atoms with Crippen molar-refractivity contribution in [1.82, 2.24) is 15.1 Å². The minimum atomic E-state index is 0.0169. The molecule has 2 aliphatic rings. The predicted molar refractivity (Wildman–Crippen MR) is 85.6 cm³/mol. The Labute approximate surface area is 132 Å². The third kappa shape index (κ3) is 3.59. The molecule has 2 fully saturated rings. The summed E-state index contributed by atoms with van der Waals surface area (Å²) in [5.74, 6) is 0. The third-order valence-electron chi connectivity index (χ3n) is 4.64. The molecular formula is C17H25N3O2. The Bertz CT molecular complexity index is 508. The Morgan fingerprint density at radius 3 is 2.82 bits per heavy atom. The molecule has 5 nitrogen and oxygen atoms in total. The number of nitrogens with zero attached hydrogens (tertiary/aromatic N) is 2. The Balaban J connectivity index is 1.59. The van der Waals surface area contributed by atoms with Crippen molar-refractivity contribution in [3.05, 3.63) is 35.9 Å². The van der Waals surface area contributed by atoms with E-state index in [0.29, 0.717) is 19.7 Å². The van der Waals surface area contributed by atoms with Crippen LogP contribution in [0.2, 0.25) is 0 Å². The summed E-state index contributed by atoms with van der Waals surface area (Å²) in [7, 11) is 2.14. The van der Waals surface area contributed by atoms with Gasteiger partial charge in [-0.25, -0.2) is 4.79 Å². The molecule has 2 heterocycles. The van der Waals surface area contributed by atoms with E-state index in [9.17, 15) is 4.79 Å². The largest absolute Gasteiger partial charge is 0.379 e. The van der Waals surface area contributed by atoms with E-state index >= 15 is 0 Å². The molecule has 0 saturated carbocycles. The highest BCUT2D eigenvalue weighted by atomic mass is 16.5. The summed E-state index contributed by atoms with van der Waals surface area (Å²) in [5, 5.41) is 3.03. The number of carbonyl (C=O) groups excluding carboxylic acids is 1. The van der Waals surface area contributed by atoms with Crippen molar-refractivity contribution in [2.45, 2.75) is 13.0 Å². The maximum Gasteiger partial charge on any atom is 0.317 e. The number of urea groups is 1. The highest BCUT2D eigenvalue weighted by molar-refractivity contribution is 5.74. The van der Waals surface area contributed by atoms with Gasteiger partial charge in [-0.15, -0.1) is 0 Å². The van der Waals surface area contributed by atoms with Gasteiger partial charge in [-0.2, -0.15) is 0 Å². The smallest absolute Gasteiger partial charge is 0.317 e. The molecule has 1 aromatic rings. The summed E-state index contributed by atoms with van der Waals surface area (Å²) < 4.78 is 5.78. The first-order valence-corrected chi connectivity index (χ1v) is 8.00. The fourth-order valence-corrected chi connectivity index (χ4v) is 3.46. The van der Waals surface area contributed by atoms with Gasteiger partial charge in [-0.05, 0) is 25.6 Å². The molecule has 2 aliphatic heterocycles. The van der Waals surface area contributed by atoms with E-state index < -0.39 is 0 Å². The normalized spacial score (nSPS) is 26.1. The Morgan fingerprint density at radius 1 is 1.27 bits per heavy atom. The van der Waals surface area contributed by atoms with Crippen LogP contribution in [0.3, 0.4) is 0 Å². The number of amides is 2. The van der Waals surface area contributed by atoms with Crippen molar-refractivity contribution in [3.8, 4) is 0 Å². The lowest BCUT2D eigenvalue weighted by Gasteiger charge is -2.31. The molecule has 1 spiro atoms. The lowest BCUT2D eigenvalue weighted by molar-refractivity contribution is 0.0738. The molecule has 0 radical (unpaired) electrons. The molecule has 1 unspecified atom stereocenters. The van der Waals surface area contributed by atoms with Crippen molar-refractivity contribution < 1.29 is 9.53 Å². The van der Waals surface area contributed by atoms with E-state index in [0.717, 1.165) is 38.2 Å². The first-order valence-electron chi connectivity index (χ1n) is 8.00. The van der Waals surface area contributed by atoms with Gasteiger partial charge in [0.1, 0.15) is 0 Å². The van der Waals surface area contributed by atoms with Gasteiger partial charge in [-0.3, -0.25) is 0 Å². The fourth-order valence-electron chi connectivity index (χ4n) is 3.46. The Hall–Kier alpha value is -1.59. The summed E-state index contributed by atoms with van der Waals surface area (Å²) >= 11 is 0. The van der Waals surface area contributed by atoms with Crippen LogP contribution in [0.1, 0.15) is 12.0 Å². The number of nitrogens with one attached hydrogen (secondary N) is 1.